The van der Waals surface area contributed by atoms with E-state index in [1.54, 1.807) is 43.8 Å². The first-order chi connectivity index (χ1) is 47.4. The maximum absolute atomic E-state index is 10.7. The van der Waals surface area contributed by atoms with Crippen molar-refractivity contribution in [2.24, 2.45) is 9.98 Å². The molecule has 101 heavy (non-hydrogen) atoms. The molecule has 0 amide bonds. The summed E-state index contributed by atoms with van der Waals surface area (Å²) in [6.45, 7) is 43.7. The average Bonchev–Trinajstić information content (AvgIpc) is 1.32. The van der Waals surface area contributed by atoms with Crippen molar-refractivity contribution in [3.8, 4) is 10.6 Å². The second kappa shape index (κ2) is 50.9. The van der Waals surface area contributed by atoms with Gasteiger partial charge in [-0.25, -0.2) is 19.9 Å². The molecule has 0 unspecified atom stereocenters. The molecule has 0 spiro atoms. The number of halogens is 4. The van der Waals surface area contributed by atoms with E-state index in [0.717, 1.165) is 72.6 Å². The fraction of sp³-hybridized carbons (Fsp3) is 0.345. The molecule has 10 aromatic rings. The van der Waals surface area contributed by atoms with Gasteiger partial charge in [0.05, 0.1) is 44.8 Å². The molecule has 2 N–H and O–H groups in total. The number of rotatable bonds is 15. The molecule has 0 atom stereocenters. The zero-order valence-electron chi connectivity index (χ0n) is 62.5. The first-order valence-corrected chi connectivity index (χ1v) is 49.7. The number of carbonyl (C=O) groups is 1. The summed E-state index contributed by atoms with van der Waals surface area (Å²) in [5.41, 5.74) is 22.2. The largest absolute Gasteiger partial charge is 0.152 e. The Bertz CT molecular complexity index is 3860. The molecule has 9 nitrogen and oxygen atoms in total. The third-order valence-electron chi connectivity index (χ3n) is 14.5. The van der Waals surface area contributed by atoms with Crippen molar-refractivity contribution in [2.75, 3.05) is 18.9 Å². The first kappa shape index (κ1) is 93.6. The van der Waals surface area contributed by atoms with Crippen LogP contribution in [0.25, 0.3) is 10.6 Å². The third-order valence-corrected chi connectivity index (χ3v) is 28.3. The number of para-hydroxylation sites is 3. The van der Waals surface area contributed by atoms with Gasteiger partial charge in [0.15, 0.2) is 5.78 Å². The zero-order chi connectivity index (χ0) is 75.1. The number of Topliss-reactive ketones (excluding diaryl/α,β-unsaturated/α-hetero) is 1. The number of nitrogens with two attached hydrogens (primary N) is 1. The maximum Gasteiger partial charge on any atom is -0.00934 e. The van der Waals surface area contributed by atoms with E-state index < -0.39 is 18.4 Å². The number of aliphatic imine (C=N–C) groups is 2. The Morgan fingerprint density at radius 3 is 1.06 bits per heavy atom. The van der Waals surface area contributed by atoms with Crippen LogP contribution in [0.3, 0.4) is 0 Å². The van der Waals surface area contributed by atoms with Gasteiger partial charge in [-0.15, -0.1) is 24.5 Å². The number of hydrogen-bond donors (Lipinski definition) is 1. The summed E-state index contributed by atoms with van der Waals surface area (Å²) < 4.78 is 9.74. The number of ketones is 1. The Morgan fingerprint density at radius 2 is 0.782 bits per heavy atom. The molecule has 10 rings (SSSR count). The molecule has 3 aromatic carbocycles. The van der Waals surface area contributed by atoms with E-state index in [0.29, 0.717) is 45.8 Å². The summed E-state index contributed by atoms with van der Waals surface area (Å²) in [4.78, 5) is 46.5. The summed E-state index contributed by atoms with van der Waals surface area (Å²) in [7, 11) is 0. The number of ether oxygens (including phenoxy) is 1. The molecule has 0 saturated heterocycles. The molecule has 7 aromatic heterocycles. The molecular weight excluding hydrogens is 1670 g/mol. The van der Waals surface area contributed by atoms with E-state index in [1.807, 2.05) is 97.5 Å². The van der Waals surface area contributed by atoms with Crippen molar-refractivity contribution < 1.29 is 9.53 Å². The number of nitrogen functional groups attached to an aromatic ring is 1. The van der Waals surface area contributed by atoms with Gasteiger partial charge in [0.2, 0.25) is 0 Å². The molecule has 544 valence electrons. The molecule has 0 aliphatic heterocycles. The van der Waals surface area contributed by atoms with E-state index in [4.69, 9.17) is 25.4 Å². The smallest absolute Gasteiger partial charge is 0.00934 e. The summed E-state index contributed by atoms with van der Waals surface area (Å²) in [5.74, 6) is 2.77. The van der Waals surface area contributed by atoms with Crippen LogP contribution >= 0.6 is 97.7 Å². The zero-order valence-corrected chi connectivity index (χ0v) is 74.2. The van der Waals surface area contributed by atoms with E-state index in [1.165, 1.54) is 45.2 Å². The Balaban J connectivity index is 0.000000611. The molecule has 7 heterocycles. The van der Waals surface area contributed by atoms with Crippen LogP contribution in [-0.2, 0) is 4.74 Å². The number of pyridine rings is 4. The second-order valence-electron chi connectivity index (χ2n) is 25.5. The Morgan fingerprint density at radius 1 is 0.446 bits per heavy atom. The standard InChI is InChI=1S/C23H26N2S.C19H23BrN2.C12H19N.C7H6BrNO.C5H3Br2N.C4H10O.C4H4S.C4H3S.C2H4.CH4.3CH3.Sn/c1-15(2)18-9-6-10-19(16(3)4)23(18)24-17(5)20-11-7-12-21(25-20)22-13-8-14-26-22;1-12(2)15-8-6-9-16(13(3)4)19(15)21-14(5)17-10-7-11-18(20)22-17;1-8(2)10-6-5-7-11(9(3)4)12(10)13;1-5(10)6-3-2-4-7(8)9-6;6-4-2-1-3-5(7)8-4;1-3-5-4-2;2*1-2-4-5-3-1;1-2;;;;;/h6-16H,1-5H3;6-13H,1-5H3;5-9H,13H2,1-4H3;2-4H,1H3;1-3H;3-4H2,1-2H3;1-4H;1-3H;1-2H2;1H4;3*1H3;. The van der Waals surface area contributed by atoms with Crippen molar-refractivity contribution in [3.05, 3.63) is 267 Å². The van der Waals surface area contributed by atoms with Gasteiger partial charge >= 0.3 is 64.9 Å². The van der Waals surface area contributed by atoms with Gasteiger partial charge in [-0.2, -0.15) is 11.3 Å². The van der Waals surface area contributed by atoms with Crippen LogP contribution in [0.5, 0.6) is 0 Å². The molecule has 17 heteroatoms. The van der Waals surface area contributed by atoms with Crippen LogP contribution in [0.1, 0.15) is 216 Å². The van der Waals surface area contributed by atoms with Crippen LogP contribution < -0.4 is 8.63 Å². The van der Waals surface area contributed by atoms with E-state index in [9.17, 15) is 4.79 Å². The van der Waals surface area contributed by atoms with Gasteiger partial charge < -0.3 is 10.5 Å². The van der Waals surface area contributed by atoms with Crippen LogP contribution in [0, 0.1) is 0 Å². The molecule has 0 bridgehead atoms. The predicted octanol–water partition coefficient (Wildman–Crippen LogP) is 28.1. The molecular formula is C84H111Br4N7O2S3Sn. The summed E-state index contributed by atoms with van der Waals surface area (Å²) in [6.07, 6.45) is 0. The number of carbonyl (C=O) groups excluding carboxylic acids is 1. The molecule has 0 aliphatic rings. The van der Waals surface area contributed by atoms with Gasteiger partial charge in [-0.05, 0) is 231 Å². The average molecular weight is 1790 g/mol. The van der Waals surface area contributed by atoms with Crippen molar-refractivity contribution >= 4 is 153 Å². The summed E-state index contributed by atoms with van der Waals surface area (Å²) >= 11 is 16.8. The van der Waals surface area contributed by atoms with E-state index in [2.05, 4.69) is 298 Å². The first-order valence-electron chi connectivity index (χ1n) is 33.8. The summed E-state index contributed by atoms with van der Waals surface area (Å²) in [6, 6.07) is 55.0. The Hall–Kier alpha value is -5.41. The number of hydrogen-bond acceptors (Lipinski definition) is 12. The van der Waals surface area contributed by atoms with Crippen molar-refractivity contribution in [1.29, 1.82) is 0 Å². The van der Waals surface area contributed by atoms with E-state index >= 15 is 0 Å². The van der Waals surface area contributed by atoms with Gasteiger partial charge in [0, 0.05) is 25.8 Å². The fourth-order valence-electron chi connectivity index (χ4n) is 9.27. The Kier molecular flexibility index (Phi) is 47.2. The second-order valence-corrected chi connectivity index (χ2v) is 46.8. The van der Waals surface area contributed by atoms with Gasteiger partial charge in [-0.1, -0.05) is 188 Å². The minimum atomic E-state index is -1.63. The number of benzene rings is 3. The van der Waals surface area contributed by atoms with Crippen LogP contribution in [0.15, 0.2) is 227 Å². The SMILES string of the molecule is Brc1cccc(Br)n1.C.C=C.CC(=Nc1c(C(C)C)cccc1C(C)C)c1cccc(-c2cccs2)n1.CC(=Nc1c(C(C)C)cccc1C(C)C)c1cccc(Br)n1.CC(=O)c1cccc(Br)n1.CC(C)c1cccc(C(C)C)c1N.CCOCC.[CH3][Sn]([CH3])([CH3])[c]1cccs1.c1ccsc1. The Labute approximate surface area is 658 Å². The minimum Gasteiger partial charge on any atom is -0.152 e. The number of aromatic nitrogens is 4. The molecule has 0 fully saturated rings. The number of thiophene rings is 3. The fourth-order valence-corrected chi connectivity index (χ4v) is 18.2. The molecule has 0 aliphatic carbocycles. The van der Waals surface area contributed by atoms with Gasteiger partial charge in [0.25, 0.3) is 0 Å². The van der Waals surface area contributed by atoms with Crippen molar-refractivity contribution in [2.45, 2.75) is 175 Å². The normalized spacial score (nSPS) is 10.8. The topological polar surface area (TPSA) is 129 Å². The number of nitrogens with zero attached hydrogens (tertiary/aromatic N) is 6. The third kappa shape index (κ3) is 35.3. The van der Waals surface area contributed by atoms with Crippen LogP contribution in [0.2, 0.25) is 14.8 Å². The summed E-state index contributed by atoms with van der Waals surface area (Å²) in [5, 5.41) is 8.34. The van der Waals surface area contributed by atoms with Crippen molar-refractivity contribution in [1.82, 2.24) is 19.9 Å². The van der Waals surface area contributed by atoms with Crippen molar-refractivity contribution in [3.63, 3.8) is 0 Å². The van der Waals surface area contributed by atoms with Gasteiger partial charge in [0.1, 0.15) is 24.1 Å². The number of anilines is 1. The van der Waals surface area contributed by atoms with Gasteiger partial charge in [-0.3, -0.25) is 14.8 Å². The minimum absolute atomic E-state index is 0. The quantitative estimate of drug-likeness (QED) is 0.0270. The molecule has 0 saturated carbocycles. The maximum atomic E-state index is 10.7. The predicted molar refractivity (Wildman–Crippen MR) is 465 cm³/mol. The van der Waals surface area contributed by atoms with Crippen LogP contribution in [-0.4, -0.2) is 68.7 Å². The van der Waals surface area contributed by atoms with E-state index in [-0.39, 0.29) is 13.2 Å². The molecule has 0 radical (unpaired) electrons. The van der Waals surface area contributed by atoms with Crippen LogP contribution in [0.4, 0.5) is 17.1 Å². The monoisotopic (exact) mass is 1780 g/mol.